The molecule has 1 unspecified atom stereocenters. The molecule has 1 saturated carbocycles. The van der Waals surface area contributed by atoms with Gasteiger partial charge in [0.25, 0.3) is 0 Å². The maximum atomic E-state index is 10.5. The second-order valence-corrected chi connectivity index (χ2v) is 6.66. The van der Waals surface area contributed by atoms with Crippen molar-refractivity contribution in [2.75, 3.05) is 7.11 Å². The smallest absolute Gasteiger partial charge is 0.122 e. The number of benzene rings is 1. The Morgan fingerprint density at radius 1 is 1.32 bits per heavy atom. The lowest BCUT2D eigenvalue weighted by molar-refractivity contribution is 0.0755. The first-order valence-corrected chi connectivity index (χ1v) is 7.90. The molecular weight excluding hydrogens is 304 g/mol. The lowest BCUT2D eigenvalue weighted by Crippen LogP contribution is -2.27. The molecule has 1 fully saturated rings. The van der Waals surface area contributed by atoms with Crippen LogP contribution < -0.4 is 4.74 Å². The zero-order valence-electron chi connectivity index (χ0n) is 11.7. The van der Waals surface area contributed by atoms with Crippen molar-refractivity contribution in [1.82, 2.24) is 0 Å². The van der Waals surface area contributed by atoms with E-state index in [-0.39, 0.29) is 6.10 Å². The molecule has 0 spiro atoms. The van der Waals surface area contributed by atoms with Gasteiger partial charge in [0.2, 0.25) is 0 Å². The molecule has 2 nitrogen and oxygen atoms in total. The Kier molecular flexibility index (Phi) is 5.28. The lowest BCUT2D eigenvalue weighted by Gasteiger charge is -2.30. The first kappa shape index (κ1) is 14.9. The molecule has 0 aromatic heterocycles. The maximum absolute atomic E-state index is 10.5. The molecule has 0 aliphatic heterocycles. The monoisotopic (exact) mass is 326 g/mol. The Bertz CT molecular complexity index is 411. The highest BCUT2D eigenvalue weighted by molar-refractivity contribution is 9.10. The Morgan fingerprint density at radius 3 is 2.63 bits per heavy atom. The maximum Gasteiger partial charge on any atom is 0.122 e. The summed E-state index contributed by atoms with van der Waals surface area (Å²) in [6, 6.07) is 5.97. The van der Waals surface area contributed by atoms with E-state index in [1.807, 2.05) is 18.2 Å². The van der Waals surface area contributed by atoms with E-state index >= 15 is 0 Å². The minimum Gasteiger partial charge on any atom is -0.496 e. The molecule has 2 rings (SSSR count). The van der Waals surface area contributed by atoms with Crippen LogP contribution in [-0.2, 0) is 6.42 Å². The molecule has 0 radical (unpaired) electrons. The molecule has 1 N–H and O–H groups in total. The van der Waals surface area contributed by atoms with E-state index in [0.29, 0.717) is 12.3 Å². The summed E-state index contributed by atoms with van der Waals surface area (Å²) in [5, 5.41) is 10.5. The van der Waals surface area contributed by atoms with Crippen molar-refractivity contribution in [1.29, 1.82) is 0 Å². The third-order valence-corrected chi connectivity index (χ3v) is 4.77. The van der Waals surface area contributed by atoms with Crippen LogP contribution in [0.2, 0.25) is 0 Å². The van der Waals surface area contributed by atoms with E-state index in [0.717, 1.165) is 34.5 Å². The molecule has 1 aliphatic carbocycles. The van der Waals surface area contributed by atoms with Crippen LogP contribution in [0.5, 0.6) is 5.75 Å². The number of aliphatic hydroxyl groups is 1. The average Bonchev–Trinajstić information content (AvgIpc) is 2.39. The summed E-state index contributed by atoms with van der Waals surface area (Å²) < 4.78 is 6.41. The quantitative estimate of drug-likeness (QED) is 0.899. The van der Waals surface area contributed by atoms with E-state index in [1.54, 1.807) is 7.11 Å². The van der Waals surface area contributed by atoms with Gasteiger partial charge in [0.15, 0.2) is 0 Å². The minimum atomic E-state index is -0.254. The Labute approximate surface area is 124 Å². The van der Waals surface area contributed by atoms with Crippen LogP contribution in [0.3, 0.4) is 0 Å². The van der Waals surface area contributed by atoms with Gasteiger partial charge in [-0.3, -0.25) is 0 Å². The Hall–Kier alpha value is -0.540. The van der Waals surface area contributed by atoms with Gasteiger partial charge in [-0.15, -0.1) is 0 Å². The topological polar surface area (TPSA) is 29.5 Å². The largest absolute Gasteiger partial charge is 0.496 e. The van der Waals surface area contributed by atoms with Crippen LogP contribution in [-0.4, -0.2) is 18.3 Å². The zero-order valence-corrected chi connectivity index (χ0v) is 13.3. The highest BCUT2D eigenvalue weighted by Gasteiger charge is 2.25. The highest BCUT2D eigenvalue weighted by atomic mass is 79.9. The predicted octanol–water partition coefficient (Wildman–Crippen LogP) is 4.19. The number of aliphatic hydroxyl groups excluding tert-OH is 1. The predicted molar refractivity (Wildman–Crippen MR) is 81.5 cm³/mol. The van der Waals surface area contributed by atoms with Crippen LogP contribution in [0.1, 0.15) is 38.2 Å². The van der Waals surface area contributed by atoms with Crippen molar-refractivity contribution in [2.24, 2.45) is 11.8 Å². The first-order valence-electron chi connectivity index (χ1n) is 7.10. The van der Waals surface area contributed by atoms with Gasteiger partial charge >= 0.3 is 0 Å². The van der Waals surface area contributed by atoms with Gasteiger partial charge in [0.1, 0.15) is 5.75 Å². The number of hydrogen-bond acceptors (Lipinski definition) is 2. The molecule has 106 valence electrons. The standard InChI is InChI=1S/C16H23BrO2/c1-11-3-5-12(6-4-11)15(18)10-13-9-14(17)7-8-16(13)19-2/h7-9,11-12,15,18H,3-6,10H2,1-2H3. The van der Waals surface area contributed by atoms with Crippen molar-refractivity contribution in [2.45, 2.75) is 45.1 Å². The van der Waals surface area contributed by atoms with E-state index < -0.39 is 0 Å². The van der Waals surface area contributed by atoms with Crippen molar-refractivity contribution < 1.29 is 9.84 Å². The Morgan fingerprint density at radius 2 is 2.00 bits per heavy atom. The van der Waals surface area contributed by atoms with Gasteiger partial charge in [-0.1, -0.05) is 35.7 Å². The van der Waals surface area contributed by atoms with Gasteiger partial charge < -0.3 is 9.84 Å². The Balaban J connectivity index is 2.02. The summed E-state index contributed by atoms with van der Waals surface area (Å²) >= 11 is 3.48. The van der Waals surface area contributed by atoms with Crippen LogP contribution in [0.4, 0.5) is 0 Å². The molecule has 1 aromatic carbocycles. The number of hydrogen-bond donors (Lipinski definition) is 1. The van der Waals surface area contributed by atoms with E-state index in [2.05, 4.69) is 22.9 Å². The molecule has 1 atom stereocenters. The number of rotatable bonds is 4. The molecule has 0 heterocycles. The van der Waals surface area contributed by atoms with Gasteiger partial charge in [-0.2, -0.15) is 0 Å². The lowest BCUT2D eigenvalue weighted by atomic mass is 9.79. The summed E-state index contributed by atoms with van der Waals surface area (Å²) in [5.74, 6) is 2.13. The molecule has 3 heteroatoms. The summed E-state index contributed by atoms with van der Waals surface area (Å²) in [7, 11) is 1.68. The van der Waals surface area contributed by atoms with Crippen molar-refractivity contribution in [3.63, 3.8) is 0 Å². The molecule has 1 aliphatic rings. The second-order valence-electron chi connectivity index (χ2n) is 5.75. The molecule has 19 heavy (non-hydrogen) atoms. The van der Waals surface area contributed by atoms with Gasteiger partial charge in [0, 0.05) is 10.9 Å². The van der Waals surface area contributed by atoms with E-state index in [1.165, 1.54) is 12.8 Å². The SMILES string of the molecule is COc1ccc(Br)cc1CC(O)C1CCC(C)CC1. The van der Waals surface area contributed by atoms with Crippen molar-refractivity contribution in [3.8, 4) is 5.75 Å². The minimum absolute atomic E-state index is 0.254. The van der Waals surface area contributed by atoms with Gasteiger partial charge in [-0.05, 0) is 48.4 Å². The molecule has 0 bridgehead atoms. The fourth-order valence-corrected chi connectivity index (χ4v) is 3.38. The van der Waals surface area contributed by atoms with Crippen LogP contribution >= 0.6 is 15.9 Å². The fraction of sp³-hybridized carbons (Fsp3) is 0.625. The zero-order chi connectivity index (χ0) is 13.8. The number of ether oxygens (including phenoxy) is 1. The normalized spacial score (nSPS) is 25.1. The third kappa shape index (κ3) is 3.96. The first-order chi connectivity index (χ1) is 9.10. The van der Waals surface area contributed by atoms with Crippen LogP contribution in [0.25, 0.3) is 0 Å². The average molecular weight is 327 g/mol. The van der Waals surface area contributed by atoms with E-state index in [9.17, 15) is 5.11 Å². The van der Waals surface area contributed by atoms with Gasteiger partial charge in [0.05, 0.1) is 13.2 Å². The highest BCUT2D eigenvalue weighted by Crippen LogP contribution is 2.33. The van der Waals surface area contributed by atoms with Crippen LogP contribution in [0.15, 0.2) is 22.7 Å². The number of methoxy groups -OCH3 is 1. The summed E-state index contributed by atoms with van der Waals surface area (Å²) in [4.78, 5) is 0. The van der Waals surface area contributed by atoms with E-state index in [4.69, 9.17) is 4.74 Å². The van der Waals surface area contributed by atoms with Crippen molar-refractivity contribution in [3.05, 3.63) is 28.2 Å². The second kappa shape index (κ2) is 6.76. The summed E-state index contributed by atoms with van der Waals surface area (Å²) in [6.45, 7) is 2.31. The summed E-state index contributed by atoms with van der Waals surface area (Å²) in [6.07, 6.45) is 5.23. The molecular formula is C16H23BrO2. The van der Waals surface area contributed by atoms with Crippen molar-refractivity contribution >= 4 is 15.9 Å². The molecule has 0 amide bonds. The number of halogens is 1. The molecule has 1 aromatic rings. The fourth-order valence-electron chi connectivity index (χ4n) is 2.97. The molecule has 0 saturated heterocycles. The van der Waals surface area contributed by atoms with Gasteiger partial charge in [-0.25, -0.2) is 0 Å². The summed E-state index contributed by atoms with van der Waals surface area (Å²) in [5.41, 5.74) is 1.09. The van der Waals surface area contributed by atoms with Crippen LogP contribution in [0, 0.1) is 11.8 Å². The third-order valence-electron chi connectivity index (χ3n) is 4.28.